The number of carbonyl (C=O) groups excluding carboxylic acids is 1. The number of ether oxygens (including phenoxy) is 1. The lowest BCUT2D eigenvalue weighted by Crippen LogP contribution is -2.46. The molecule has 0 aromatic heterocycles. The van der Waals surface area contributed by atoms with Crippen molar-refractivity contribution >= 4 is 24.0 Å². The molecule has 1 fully saturated rings. The van der Waals surface area contributed by atoms with E-state index in [0.717, 1.165) is 30.9 Å². The van der Waals surface area contributed by atoms with Gasteiger partial charge in [0.1, 0.15) is 5.75 Å². The van der Waals surface area contributed by atoms with E-state index in [1.54, 1.807) is 0 Å². The van der Waals surface area contributed by atoms with Crippen LogP contribution in [0, 0.1) is 0 Å². The van der Waals surface area contributed by atoms with Gasteiger partial charge in [0.2, 0.25) is 5.91 Å². The van der Waals surface area contributed by atoms with Crippen LogP contribution in [0.3, 0.4) is 0 Å². The van der Waals surface area contributed by atoms with E-state index in [4.69, 9.17) is 4.74 Å². The van der Waals surface area contributed by atoms with Crippen molar-refractivity contribution in [2.45, 2.75) is 25.8 Å². The standard InChI is InChI=1S/C16H25N3O2.ClH/c1-3-21-15-8-6-13(7-9-15)18-16(20)12-19-10-4-5-14(11-19)17-2;/h6-9,14,17H,3-5,10-12H2,1-2H3,(H,18,20);1H. The monoisotopic (exact) mass is 327 g/mol. The van der Waals surface area contributed by atoms with Gasteiger partial charge in [0.05, 0.1) is 13.2 Å². The molecule has 6 heteroatoms. The molecule has 1 saturated heterocycles. The van der Waals surface area contributed by atoms with Gasteiger partial charge in [0, 0.05) is 18.3 Å². The lowest BCUT2D eigenvalue weighted by molar-refractivity contribution is -0.117. The second-order valence-electron chi connectivity index (χ2n) is 5.37. The summed E-state index contributed by atoms with van der Waals surface area (Å²) in [5.74, 6) is 0.860. The molecule has 1 aromatic carbocycles. The number of hydrogen-bond donors (Lipinski definition) is 2. The van der Waals surface area contributed by atoms with E-state index in [-0.39, 0.29) is 18.3 Å². The zero-order valence-electron chi connectivity index (χ0n) is 13.3. The molecule has 1 amide bonds. The first-order valence-corrected chi connectivity index (χ1v) is 7.63. The van der Waals surface area contributed by atoms with Gasteiger partial charge >= 0.3 is 0 Å². The Morgan fingerprint density at radius 3 is 2.73 bits per heavy atom. The first-order chi connectivity index (χ1) is 10.2. The van der Waals surface area contributed by atoms with E-state index in [1.807, 2.05) is 38.2 Å². The topological polar surface area (TPSA) is 53.6 Å². The largest absolute Gasteiger partial charge is 0.494 e. The predicted molar refractivity (Wildman–Crippen MR) is 92.0 cm³/mol. The Balaban J connectivity index is 0.00000242. The van der Waals surface area contributed by atoms with Crippen molar-refractivity contribution in [1.29, 1.82) is 0 Å². The first kappa shape index (κ1) is 18.7. The third-order valence-corrected chi connectivity index (χ3v) is 3.73. The molecule has 1 aliphatic heterocycles. The lowest BCUT2D eigenvalue weighted by atomic mass is 10.1. The second kappa shape index (κ2) is 9.66. The molecule has 0 aliphatic carbocycles. The number of hydrogen-bond acceptors (Lipinski definition) is 4. The third-order valence-electron chi connectivity index (χ3n) is 3.73. The van der Waals surface area contributed by atoms with Gasteiger partial charge in [-0.1, -0.05) is 0 Å². The molecular weight excluding hydrogens is 302 g/mol. The minimum absolute atomic E-state index is 0. The molecule has 1 aromatic rings. The number of likely N-dealkylation sites (N-methyl/N-ethyl adjacent to an activating group) is 1. The average Bonchev–Trinajstić information content (AvgIpc) is 2.49. The minimum atomic E-state index is 0. The van der Waals surface area contributed by atoms with E-state index in [1.165, 1.54) is 6.42 Å². The second-order valence-corrected chi connectivity index (χ2v) is 5.37. The van der Waals surface area contributed by atoms with E-state index < -0.39 is 0 Å². The highest BCUT2D eigenvalue weighted by Gasteiger charge is 2.20. The van der Waals surface area contributed by atoms with Crippen LogP contribution in [0.25, 0.3) is 0 Å². The highest BCUT2D eigenvalue weighted by Crippen LogP contribution is 2.16. The van der Waals surface area contributed by atoms with Crippen molar-refractivity contribution in [2.24, 2.45) is 0 Å². The summed E-state index contributed by atoms with van der Waals surface area (Å²) in [6.45, 7) is 4.98. The fraction of sp³-hybridized carbons (Fsp3) is 0.562. The van der Waals surface area contributed by atoms with Gasteiger partial charge < -0.3 is 15.4 Å². The zero-order valence-corrected chi connectivity index (χ0v) is 14.1. The number of nitrogens with zero attached hydrogens (tertiary/aromatic N) is 1. The summed E-state index contributed by atoms with van der Waals surface area (Å²) in [4.78, 5) is 14.3. The quantitative estimate of drug-likeness (QED) is 0.840. The number of amides is 1. The maximum Gasteiger partial charge on any atom is 0.238 e. The van der Waals surface area contributed by atoms with Crippen LogP contribution < -0.4 is 15.4 Å². The Bertz CT molecular complexity index is 453. The molecule has 0 radical (unpaired) electrons. The number of halogens is 1. The summed E-state index contributed by atoms with van der Waals surface area (Å²) in [6.07, 6.45) is 2.33. The number of anilines is 1. The summed E-state index contributed by atoms with van der Waals surface area (Å²) >= 11 is 0. The van der Waals surface area contributed by atoms with Crippen LogP contribution in [0.4, 0.5) is 5.69 Å². The van der Waals surface area contributed by atoms with Gasteiger partial charge in [-0.2, -0.15) is 0 Å². The molecule has 1 heterocycles. The smallest absolute Gasteiger partial charge is 0.238 e. The van der Waals surface area contributed by atoms with Crippen LogP contribution in [0.2, 0.25) is 0 Å². The van der Waals surface area contributed by atoms with Gasteiger partial charge in [-0.3, -0.25) is 9.69 Å². The van der Waals surface area contributed by atoms with Gasteiger partial charge in [-0.15, -0.1) is 12.4 Å². The highest BCUT2D eigenvalue weighted by molar-refractivity contribution is 5.92. The Hall–Kier alpha value is -1.30. The fourth-order valence-corrected chi connectivity index (χ4v) is 2.64. The zero-order chi connectivity index (χ0) is 15.1. The highest BCUT2D eigenvalue weighted by atomic mass is 35.5. The summed E-state index contributed by atoms with van der Waals surface area (Å²) in [5.41, 5.74) is 0.811. The Morgan fingerprint density at radius 1 is 1.36 bits per heavy atom. The SMILES string of the molecule is CCOc1ccc(NC(=O)CN2CCCC(NC)C2)cc1.Cl. The molecule has 0 bridgehead atoms. The Morgan fingerprint density at radius 2 is 2.09 bits per heavy atom. The van der Waals surface area contributed by atoms with Crippen molar-refractivity contribution in [3.8, 4) is 5.75 Å². The lowest BCUT2D eigenvalue weighted by Gasteiger charge is -2.31. The van der Waals surface area contributed by atoms with Crippen LogP contribution in [0.15, 0.2) is 24.3 Å². The average molecular weight is 328 g/mol. The summed E-state index contributed by atoms with van der Waals surface area (Å²) in [6, 6.07) is 7.98. The minimum Gasteiger partial charge on any atom is -0.494 e. The number of carbonyl (C=O) groups is 1. The predicted octanol–water partition coefficient (Wildman–Crippen LogP) is 2.13. The molecule has 22 heavy (non-hydrogen) atoms. The summed E-state index contributed by atoms with van der Waals surface area (Å²) in [5, 5.41) is 6.22. The van der Waals surface area contributed by atoms with Crippen LogP contribution in [0.1, 0.15) is 19.8 Å². The number of likely N-dealkylation sites (tertiary alicyclic amines) is 1. The molecular formula is C16H26ClN3O2. The molecule has 0 saturated carbocycles. The fourth-order valence-electron chi connectivity index (χ4n) is 2.64. The maximum atomic E-state index is 12.1. The molecule has 124 valence electrons. The molecule has 2 rings (SSSR count). The van der Waals surface area contributed by atoms with Crippen LogP contribution in [0.5, 0.6) is 5.75 Å². The summed E-state index contributed by atoms with van der Waals surface area (Å²) in [7, 11) is 1.98. The number of piperidine rings is 1. The van der Waals surface area contributed by atoms with Crippen molar-refractivity contribution < 1.29 is 9.53 Å². The van der Waals surface area contributed by atoms with E-state index in [2.05, 4.69) is 15.5 Å². The molecule has 1 atom stereocenters. The molecule has 5 nitrogen and oxygen atoms in total. The number of rotatable bonds is 6. The normalized spacial score (nSPS) is 18.4. The van der Waals surface area contributed by atoms with Gasteiger partial charge in [-0.25, -0.2) is 0 Å². The van der Waals surface area contributed by atoms with Crippen molar-refractivity contribution in [3.05, 3.63) is 24.3 Å². The third kappa shape index (κ3) is 5.83. The molecule has 2 N–H and O–H groups in total. The van der Waals surface area contributed by atoms with Gasteiger partial charge in [0.15, 0.2) is 0 Å². The first-order valence-electron chi connectivity index (χ1n) is 7.63. The van der Waals surface area contributed by atoms with Crippen molar-refractivity contribution in [1.82, 2.24) is 10.2 Å². The number of benzene rings is 1. The molecule has 1 unspecified atom stereocenters. The molecule has 0 spiro atoms. The van der Waals surface area contributed by atoms with Crippen molar-refractivity contribution in [3.63, 3.8) is 0 Å². The van der Waals surface area contributed by atoms with E-state index in [9.17, 15) is 4.79 Å². The Kier molecular flexibility index (Phi) is 8.24. The summed E-state index contributed by atoms with van der Waals surface area (Å²) < 4.78 is 5.38. The van der Waals surface area contributed by atoms with E-state index >= 15 is 0 Å². The van der Waals surface area contributed by atoms with Gasteiger partial charge in [0.25, 0.3) is 0 Å². The number of nitrogens with one attached hydrogen (secondary N) is 2. The molecule has 1 aliphatic rings. The Labute approximate surface area is 138 Å². The van der Waals surface area contributed by atoms with Crippen LogP contribution >= 0.6 is 12.4 Å². The van der Waals surface area contributed by atoms with Crippen LogP contribution in [-0.2, 0) is 4.79 Å². The van der Waals surface area contributed by atoms with E-state index in [0.29, 0.717) is 19.2 Å². The van der Waals surface area contributed by atoms with Crippen LogP contribution in [-0.4, -0.2) is 50.1 Å². The van der Waals surface area contributed by atoms with Crippen molar-refractivity contribution in [2.75, 3.05) is 38.6 Å². The van der Waals surface area contributed by atoms with Gasteiger partial charge in [-0.05, 0) is 57.6 Å². The maximum absolute atomic E-state index is 12.1.